The first-order chi connectivity index (χ1) is 14.2. The van der Waals surface area contributed by atoms with Gasteiger partial charge in [-0.2, -0.15) is 0 Å². The molecule has 0 heterocycles. The van der Waals surface area contributed by atoms with Gasteiger partial charge in [0, 0.05) is 29.0 Å². The zero-order valence-corrected chi connectivity index (χ0v) is 16.7. The highest BCUT2D eigenvalue weighted by Gasteiger charge is 2.43. The molecule has 146 valence electrons. The minimum absolute atomic E-state index is 0.0804. The molecule has 0 fully saturated rings. The first-order valence-electron chi connectivity index (χ1n) is 10.5. The summed E-state index contributed by atoms with van der Waals surface area (Å²) in [6, 6.07) is 15.8. The number of ketones is 2. The molecule has 3 heteroatoms. The Morgan fingerprint density at radius 3 is 2.45 bits per heavy atom. The molecule has 0 N–H and O–H groups in total. The van der Waals surface area contributed by atoms with Gasteiger partial charge in [0.1, 0.15) is 5.75 Å². The van der Waals surface area contributed by atoms with Crippen LogP contribution in [-0.2, 0) is 4.79 Å². The van der Waals surface area contributed by atoms with Gasteiger partial charge in [-0.1, -0.05) is 48.9 Å². The predicted octanol–water partition coefficient (Wildman–Crippen LogP) is 5.66. The molecule has 5 rings (SSSR count). The number of Topliss-reactive ketones (excluding diaryl/α,β-unsaturated/α-hetero) is 2. The third kappa shape index (κ3) is 2.88. The maximum absolute atomic E-state index is 13.4. The number of ether oxygens (including phenoxy) is 1. The Morgan fingerprint density at radius 1 is 0.931 bits per heavy atom. The lowest BCUT2D eigenvalue weighted by Crippen LogP contribution is -2.25. The van der Waals surface area contributed by atoms with E-state index in [2.05, 4.69) is 6.92 Å². The molecule has 0 aliphatic heterocycles. The molecular formula is C26H24O3. The van der Waals surface area contributed by atoms with Gasteiger partial charge >= 0.3 is 0 Å². The maximum Gasteiger partial charge on any atom is 0.190 e. The van der Waals surface area contributed by atoms with Gasteiger partial charge in [0.25, 0.3) is 0 Å². The first-order valence-corrected chi connectivity index (χ1v) is 10.5. The van der Waals surface area contributed by atoms with E-state index in [1.54, 1.807) is 0 Å². The van der Waals surface area contributed by atoms with Crippen LogP contribution in [0.4, 0.5) is 0 Å². The Hall–Kier alpha value is -2.94. The second-order valence-corrected chi connectivity index (χ2v) is 8.09. The topological polar surface area (TPSA) is 43.4 Å². The van der Waals surface area contributed by atoms with Crippen molar-refractivity contribution in [3.05, 3.63) is 81.9 Å². The van der Waals surface area contributed by atoms with Crippen LogP contribution < -0.4 is 4.74 Å². The molecule has 0 saturated carbocycles. The van der Waals surface area contributed by atoms with Crippen LogP contribution in [-0.4, -0.2) is 18.2 Å². The summed E-state index contributed by atoms with van der Waals surface area (Å²) in [5.74, 6) is 0.849. The third-order valence-electron chi connectivity index (χ3n) is 6.28. The molecule has 0 saturated heterocycles. The van der Waals surface area contributed by atoms with Crippen LogP contribution in [0.3, 0.4) is 0 Å². The summed E-state index contributed by atoms with van der Waals surface area (Å²) in [7, 11) is 0. The highest BCUT2D eigenvalue weighted by atomic mass is 16.5. The predicted molar refractivity (Wildman–Crippen MR) is 113 cm³/mol. The van der Waals surface area contributed by atoms with Gasteiger partial charge in [0.2, 0.25) is 0 Å². The zero-order chi connectivity index (χ0) is 20.0. The monoisotopic (exact) mass is 384 g/mol. The molecule has 0 aromatic heterocycles. The zero-order valence-electron chi connectivity index (χ0n) is 16.7. The van der Waals surface area contributed by atoms with Crippen molar-refractivity contribution in [1.82, 2.24) is 0 Å². The molecule has 3 aliphatic carbocycles. The van der Waals surface area contributed by atoms with Crippen molar-refractivity contribution in [2.45, 2.75) is 44.9 Å². The molecule has 0 radical (unpaired) electrons. The molecule has 0 spiro atoms. The van der Waals surface area contributed by atoms with Crippen LogP contribution in [0.1, 0.15) is 66.4 Å². The largest absolute Gasteiger partial charge is 0.494 e. The lowest BCUT2D eigenvalue weighted by Gasteiger charge is -2.32. The fourth-order valence-electron chi connectivity index (χ4n) is 5.01. The minimum Gasteiger partial charge on any atom is -0.494 e. The number of rotatable bonds is 4. The molecule has 3 aliphatic rings. The van der Waals surface area contributed by atoms with Gasteiger partial charge in [-0.05, 0) is 54.5 Å². The van der Waals surface area contributed by atoms with Crippen LogP contribution in [0, 0.1) is 0 Å². The highest BCUT2D eigenvalue weighted by Crippen LogP contribution is 2.52. The molecule has 1 atom stereocenters. The summed E-state index contributed by atoms with van der Waals surface area (Å²) >= 11 is 0. The molecule has 1 unspecified atom stereocenters. The van der Waals surface area contributed by atoms with Crippen LogP contribution in [0.5, 0.6) is 5.75 Å². The first kappa shape index (κ1) is 18.1. The van der Waals surface area contributed by atoms with Gasteiger partial charge in [-0.15, -0.1) is 0 Å². The Bertz CT molecular complexity index is 1070. The van der Waals surface area contributed by atoms with Crippen LogP contribution in [0.15, 0.2) is 65.3 Å². The van der Waals surface area contributed by atoms with Gasteiger partial charge in [0.05, 0.1) is 6.61 Å². The highest BCUT2D eigenvalue weighted by molar-refractivity contribution is 6.23. The average molecular weight is 384 g/mol. The van der Waals surface area contributed by atoms with E-state index in [4.69, 9.17) is 4.74 Å². The molecule has 0 bridgehead atoms. The summed E-state index contributed by atoms with van der Waals surface area (Å²) < 4.78 is 5.73. The van der Waals surface area contributed by atoms with Crippen molar-refractivity contribution in [2.24, 2.45) is 0 Å². The van der Waals surface area contributed by atoms with Gasteiger partial charge in [-0.3, -0.25) is 9.59 Å². The standard InChI is InChI=1S/C26H24O3/c1-2-14-29-18-12-10-16(11-13-18)24-23-17(6-5-9-22(23)27)15-21-19-7-3-4-8-20(19)26(28)25(21)24/h3-4,7-8,10-13,24H,2,5-6,9,14-15H2,1H3. The molecule has 2 aromatic carbocycles. The quantitative estimate of drug-likeness (QED) is 0.683. The fraction of sp³-hybridized carbons (Fsp3) is 0.308. The normalized spacial score (nSPS) is 20.5. The molecule has 29 heavy (non-hydrogen) atoms. The van der Waals surface area contributed by atoms with E-state index >= 15 is 0 Å². The average Bonchev–Trinajstić information content (AvgIpc) is 3.04. The summed E-state index contributed by atoms with van der Waals surface area (Å²) in [4.78, 5) is 26.4. The van der Waals surface area contributed by atoms with Gasteiger partial charge in [0.15, 0.2) is 11.6 Å². The summed E-state index contributed by atoms with van der Waals surface area (Å²) in [5, 5.41) is 0. The van der Waals surface area contributed by atoms with E-state index in [1.165, 1.54) is 5.57 Å². The fourth-order valence-corrected chi connectivity index (χ4v) is 5.01. The number of benzene rings is 2. The number of carbonyl (C=O) groups excluding carboxylic acids is 2. The Kier molecular flexibility index (Phi) is 4.46. The van der Waals surface area contributed by atoms with Crippen molar-refractivity contribution in [1.29, 1.82) is 0 Å². The van der Waals surface area contributed by atoms with Crippen molar-refractivity contribution in [3.63, 3.8) is 0 Å². The number of hydrogen-bond donors (Lipinski definition) is 0. The lowest BCUT2D eigenvalue weighted by molar-refractivity contribution is -0.116. The number of carbonyl (C=O) groups is 2. The number of hydrogen-bond acceptors (Lipinski definition) is 3. The van der Waals surface area contributed by atoms with E-state index in [0.717, 1.165) is 64.8 Å². The van der Waals surface area contributed by atoms with Crippen molar-refractivity contribution in [2.75, 3.05) is 6.61 Å². The molecule has 2 aromatic rings. The van der Waals surface area contributed by atoms with E-state index in [1.807, 2.05) is 48.5 Å². The number of allylic oxidation sites excluding steroid dienone is 4. The summed E-state index contributed by atoms with van der Waals surface area (Å²) in [6.07, 6.45) is 4.12. The smallest absolute Gasteiger partial charge is 0.190 e. The van der Waals surface area contributed by atoms with E-state index in [-0.39, 0.29) is 17.5 Å². The third-order valence-corrected chi connectivity index (χ3v) is 6.28. The summed E-state index contributed by atoms with van der Waals surface area (Å²) in [6.45, 7) is 2.76. The summed E-state index contributed by atoms with van der Waals surface area (Å²) in [5.41, 5.74) is 6.85. The Morgan fingerprint density at radius 2 is 1.69 bits per heavy atom. The van der Waals surface area contributed by atoms with Crippen LogP contribution >= 0.6 is 0 Å². The second kappa shape index (κ2) is 7.14. The number of fused-ring (bicyclic) bond motifs is 2. The van der Waals surface area contributed by atoms with Crippen LogP contribution in [0.2, 0.25) is 0 Å². The van der Waals surface area contributed by atoms with E-state index in [9.17, 15) is 9.59 Å². The van der Waals surface area contributed by atoms with E-state index < -0.39 is 0 Å². The molecule has 3 nitrogen and oxygen atoms in total. The van der Waals surface area contributed by atoms with Gasteiger partial charge in [-0.25, -0.2) is 0 Å². The van der Waals surface area contributed by atoms with Crippen molar-refractivity contribution >= 4 is 17.1 Å². The van der Waals surface area contributed by atoms with E-state index in [0.29, 0.717) is 13.0 Å². The van der Waals surface area contributed by atoms with Crippen molar-refractivity contribution in [3.8, 4) is 5.75 Å². The maximum atomic E-state index is 13.4. The second-order valence-electron chi connectivity index (χ2n) is 8.09. The Labute approximate surface area is 171 Å². The SMILES string of the molecule is CCCOc1ccc(C2C3=C(CCCC3=O)CC3=C2C(=O)c2ccccc23)cc1. The van der Waals surface area contributed by atoms with Gasteiger partial charge < -0.3 is 4.74 Å². The minimum atomic E-state index is -0.262. The molecule has 0 amide bonds. The lowest BCUT2D eigenvalue weighted by atomic mass is 9.69. The van der Waals surface area contributed by atoms with Crippen molar-refractivity contribution < 1.29 is 14.3 Å². The molecular weight excluding hydrogens is 360 g/mol. The Balaban J connectivity index is 1.64. The van der Waals surface area contributed by atoms with Crippen LogP contribution in [0.25, 0.3) is 5.57 Å².